The lowest BCUT2D eigenvalue weighted by atomic mass is 10.0. The van der Waals surface area contributed by atoms with Gasteiger partial charge in [-0.2, -0.15) is 5.26 Å². The van der Waals surface area contributed by atoms with Gasteiger partial charge in [0, 0.05) is 12.6 Å². The third kappa shape index (κ3) is 4.11. The molecule has 0 saturated carbocycles. The highest BCUT2D eigenvalue weighted by Gasteiger charge is 2.17. The molecule has 0 fully saturated rings. The second kappa shape index (κ2) is 8.02. The molecule has 130 valence electrons. The number of aliphatic hydroxyl groups excluding tert-OH is 1. The number of hydrogen-bond acceptors (Lipinski definition) is 5. The Bertz CT molecular complexity index is 753. The van der Waals surface area contributed by atoms with E-state index in [1.54, 1.807) is 24.3 Å². The Hall–Kier alpha value is -2.55. The van der Waals surface area contributed by atoms with E-state index in [4.69, 9.17) is 14.7 Å². The minimum absolute atomic E-state index is 0.115. The minimum atomic E-state index is -0.626. The third-order valence-electron chi connectivity index (χ3n) is 4.36. The van der Waals surface area contributed by atoms with Gasteiger partial charge in [-0.15, -0.1) is 0 Å². The molecule has 0 unspecified atom stereocenters. The molecule has 0 radical (unpaired) electrons. The molecule has 0 bridgehead atoms. The fraction of sp³-hybridized carbons (Fsp3) is 0.350. The van der Waals surface area contributed by atoms with E-state index >= 15 is 0 Å². The van der Waals surface area contributed by atoms with Gasteiger partial charge in [0.2, 0.25) is 0 Å². The predicted molar refractivity (Wildman–Crippen MR) is 94.6 cm³/mol. The number of nitrogens with one attached hydrogen (secondary N) is 1. The highest BCUT2D eigenvalue weighted by Crippen LogP contribution is 2.33. The zero-order valence-corrected chi connectivity index (χ0v) is 14.2. The molecule has 0 spiro atoms. The van der Waals surface area contributed by atoms with Crippen molar-refractivity contribution in [1.82, 2.24) is 5.32 Å². The Morgan fingerprint density at radius 3 is 2.44 bits per heavy atom. The summed E-state index contributed by atoms with van der Waals surface area (Å²) in [7, 11) is 0. The van der Waals surface area contributed by atoms with Crippen LogP contribution in [0.1, 0.15) is 42.2 Å². The summed E-state index contributed by atoms with van der Waals surface area (Å²) in [4.78, 5) is 0. The minimum Gasteiger partial charge on any atom is -0.486 e. The Labute approximate surface area is 147 Å². The second-order valence-electron chi connectivity index (χ2n) is 6.02. The fourth-order valence-corrected chi connectivity index (χ4v) is 2.93. The van der Waals surface area contributed by atoms with Crippen LogP contribution in [0.5, 0.6) is 11.5 Å². The Morgan fingerprint density at radius 2 is 1.76 bits per heavy atom. The van der Waals surface area contributed by atoms with Gasteiger partial charge in [-0.25, -0.2) is 0 Å². The Morgan fingerprint density at radius 1 is 1.08 bits per heavy atom. The Balaban J connectivity index is 1.64. The molecule has 0 saturated heterocycles. The summed E-state index contributed by atoms with van der Waals surface area (Å²) in [5, 5.41) is 22.6. The number of aliphatic hydroxyl groups is 1. The highest BCUT2D eigenvalue weighted by molar-refractivity contribution is 5.44. The predicted octanol–water partition coefficient (Wildman–Crippen LogP) is 3.10. The van der Waals surface area contributed by atoms with Crippen LogP contribution in [0.4, 0.5) is 0 Å². The summed E-state index contributed by atoms with van der Waals surface area (Å²) in [5.74, 6) is 1.55. The van der Waals surface area contributed by atoms with Crippen LogP contribution in [0, 0.1) is 11.3 Å². The van der Waals surface area contributed by atoms with Gasteiger partial charge < -0.3 is 19.9 Å². The number of nitriles is 1. The van der Waals surface area contributed by atoms with Crippen molar-refractivity contribution < 1.29 is 14.6 Å². The van der Waals surface area contributed by atoms with Crippen LogP contribution >= 0.6 is 0 Å². The maximum absolute atomic E-state index is 10.4. The average Bonchev–Trinajstić information content (AvgIpc) is 2.68. The molecule has 25 heavy (non-hydrogen) atoms. The van der Waals surface area contributed by atoms with Crippen LogP contribution in [0.15, 0.2) is 42.5 Å². The maximum atomic E-state index is 10.4. The summed E-state index contributed by atoms with van der Waals surface area (Å²) in [6.45, 7) is 3.68. The number of nitrogens with zero attached hydrogens (tertiary/aromatic N) is 1. The van der Waals surface area contributed by atoms with Gasteiger partial charge in [-0.1, -0.05) is 25.1 Å². The normalized spacial score (nSPS) is 15.2. The zero-order valence-electron chi connectivity index (χ0n) is 14.2. The summed E-state index contributed by atoms with van der Waals surface area (Å²) >= 11 is 0. The van der Waals surface area contributed by atoms with E-state index in [-0.39, 0.29) is 6.04 Å². The smallest absolute Gasteiger partial charge is 0.161 e. The monoisotopic (exact) mass is 338 g/mol. The van der Waals surface area contributed by atoms with E-state index in [0.29, 0.717) is 25.3 Å². The van der Waals surface area contributed by atoms with E-state index in [2.05, 4.69) is 18.3 Å². The van der Waals surface area contributed by atoms with Gasteiger partial charge >= 0.3 is 0 Å². The highest BCUT2D eigenvalue weighted by atomic mass is 16.6. The number of ether oxygens (including phenoxy) is 2. The summed E-state index contributed by atoms with van der Waals surface area (Å²) in [5.41, 5.74) is 2.49. The van der Waals surface area contributed by atoms with Crippen LogP contribution in [0.2, 0.25) is 0 Å². The summed E-state index contributed by atoms with van der Waals surface area (Å²) in [6, 6.07) is 15.2. The standard InChI is InChI=1S/C20H22N2O3/c1-2-17(16-7-8-19-20(11-16)25-10-9-24-19)22-13-18(23)15-5-3-14(12-21)4-6-15/h3-8,11,17-18,22-23H,2,9-10,13H2,1H3/t17-,18-/m0/s1. The lowest BCUT2D eigenvalue weighted by Gasteiger charge is -2.23. The van der Waals surface area contributed by atoms with Crippen molar-refractivity contribution in [2.45, 2.75) is 25.5 Å². The van der Waals surface area contributed by atoms with Crippen molar-refractivity contribution in [3.05, 3.63) is 59.2 Å². The third-order valence-corrected chi connectivity index (χ3v) is 4.36. The molecule has 5 nitrogen and oxygen atoms in total. The largest absolute Gasteiger partial charge is 0.486 e. The molecule has 2 aromatic rings. The fourth-order valence-electron chi connectivity index (χ4n) is 2.93. The molecule has 3 rings (SSSR count). The van der Waals surface area contributed by atoms with Crippen LogP contribution in [0.25, 0.3) is 0 Å². The SMILES string of the molecule is CC[C@H](NC[C@H](O)c1ccc(C#N)cc1)c1ccc2c(c1)OCCO2. The molecule has 0 amide bonds. The number of hydrogen-bond donors (Lipinski definition) is 2. The lowest BCUT2D eigenvalue weighted by molar-refractivity contribution is 0.167. The topological polar surface area (TPSA) is 74.5 Å². The molecule has 1 aliphatic rings. The van der Waals surface area contributed by atoms with Crippen molar-refractivity contribution in [3.63, 3.8) is 0 Å². The molecule has 0 aromatic heterocycles. The van der Waals surface area contributed by atoms with E-state index in [9.17, 15) is 5.11 Å². The molecule has 0 aliphatic carbocycles. The van der Waals surface area contributed by atoms with E-state index in [1.165, 1.54) is 0 Å². The quantitative estimate of drug-likeness (QED) is 0.846. The molecular weight excluding hydrogens is 316 g/mol. The molecule has 2 aromatic carbocycles. The van der Waals surface area contributed by atoms with E-state index < -0.39 is 6.10 Å². The van der Waals surface area contributed by atoms with Gasteiger partial charge in [0.15, 0.2) is 11.5 Å². The van der Waals surface area contributed by atoms with Gasteiger partial charge in [-0.3, -0.25) is 0 Å². The van der Waals surface area contributed by atoms with Crippen molar-refractivity contribution in [1.29, 1.82) is 5.26 Å². The first kappa shape index (κ1) is 17.3. The molecule has 2 N–H and O–H groups in total. The first-order valence-corrected chi connectivity index (χ1v) is 8.52. The molecule has 5 heteroatoms. The van der Waals surface area contributed by atoms with Crippen molar-refractivity contribution >= 4 is 0 Å². The number of rotatable bonds is 6. The first-order valence-electron chi connectivity index (χ1n) is 8.52. The molecule has 1 heterocycles. The lowest BCUT2D eigenvalue weighted by Crippen LogP contribution is -2.26. The van der Waals surface area contributed by atoms with Gasteiger partial charge in [0.25, 0.3) is 0 Å². The van der Waals surface area contributed by atoms with Crippen molar-refractivity contribution in [3.8, 4) is 17.6 Å². The summed E-state index contributed by atoms with van der Waals surface area (Å²) in [6.07, 6.45) is 0.263. The first-order chi connectivity index (χ1) is 12.2. The average molecular weight is 338 g/mol. The van der Waals surface area contributed by atoms with E-state index in [0.717, 1.165) is 29.0 Å². The van der Waals surface area contributed by atoms with E-state index in [1.807, 2.05) is 18.2 Å². The van der Waals surface area contributed by atoms with Crippen LogP contribution < -0.4 is 14.8 Å². The molecular formula is C20H22N2O3. The zero-order chi connectivity index (χ0) is 17.6. The van der Waals surface area contributed by atoms with Gasteiger partial charge in [0.05, 0.1) is 17.7 Å². The van der Waals surface area contributed by atoms with Crippen molar-refractivity contribution in [2.24, 2.45) is 0 Å². The number of fused-ring (bicyclic) bond motifs is 1. The Kier molecular flexibility index (Phi) is 5.54. The summed E-state index contributed by atoms with van der Waals surface area (Å²) < 4.78 is 11.2. The molecule has 2 atom stereocenters. The van der Waals surface area contributed by atoms with Crippen LogP contribution in [-0.4, -0.2) is 24.9 Å². The maximum Gasteiger partial charge on any atom is 0.161 e. The van der Waals surface area contributed by atoms with Crippen molar-refractivity contribution in [2.75, 3.05) is 19.8 Å². The molecule has 1 aliphatic heterocycles. The number of benzene rings is 2. The van der Waals surface area contributed by atoms with Gasteiger partial charge in [-0.05, 0) is 41.8 Å². The van der Waals surface area contributed by atoms with Crippen LogP contribution in [0.3, 0.4) is 0 Å². The van der Waals surface area contributed by atoms with Crippen LogP contribution in [-0.2, 0) is 0 Å². The van der Waals surface area contributed by atoms with Gasteiger partial charge in [0.1, 0.15) is 13.2 Å². The second-order valence-corrected chi connectivity index (χ2v) is 6.02.